The topological polar surface area (TPSA) is 150 Å². The van der Waals surface area contributed by atoms with Crippen LogP contribution in [0.25, 0.3) is 0 Å². The molecule has 0 spiro atoms. The summed E-state index contributed by atoms with van der Waals surface area (Å²) in [5.41, 5.74) is -2.83. The highest BCUT2D eigenvalue weighted by Gasteiger charge is 2.51. The van der Waals surface area contributed by atoms with Crippen LogP contribution < -0.4 is 24.4 Å². The first-order chi connectivity index (χ1) is 19.7. The number of aryl methyl sites for hydroxylation is 1. The Hall–Kier alpha value is -3.73. The summed E-state index contributed by atoms with van der Waals surface area (Å²) < 4.78 is 91.1. The second-order valence-corrected chi connectivity index (χ2v) is 11.9. The minimum atomic E-state index is -4.82. The third-order valence-electron chi connectivity index (χ3n) is 6.55. The number of halogens is 3. The number of alkyl halides is 3. The molecule has 2 aliphatic rings. The molecule has 1 aromatic carbocycles. The summed E-state index contributed by atoms with van der Waals surface area (Å²) in [4.78, 5) is 24.4. The number of nitrogens with one attached hydrogen (secondary N) is 2. The number of carbonyl (C=O) groups is 2. The number of carbonyl (C=O) groups excluding carboxylic acids is 2. The van der Waals surface area contributed by atoms with Gasteiger partial charge in [-0.25, -0.2) is 13.2 Å². The normalized spacial score (nSPS) is 17.5. The van der Waals surface area contributed by atoms with Gasteiger partial charge in [-0.05, 0) is 45.9 Å². The lowest BCUT2D eigenvalue weighted by atomic mass is 10.1. The fourth-order valence-electron chi connectivity index (χ4n) is 3.98. The Labute approximate surface area is 240 Å². The van der Waals surface area contributed by atoms with E-state index < -0.39 is 34.0 Å². The third-order valence-corrected chi connectivity index (χ3v) is 8.31. The Kier molecular flexibility index (Phi) is 8.82. The standard InChI is InChI=1S/C25H32F3N5O8S/c1-5-32-12-20(22(31-32)39-6-2)42(36,37)33-11-17(10-29-21(34)15-13-38-14-15)40-19-8-7-16(9-18(19)33)30-23(35)41-24(3,4)25(26,27)28/h7-9,12,15,17H,5-6,10-11,13-14H2,1-4H3,(H,29,34)(H,30,35). The Bertz CT molecular complexity index is 1430. The molecule has 13 nitrogen and oxygen atoms in total. The molecule has 0 bridgehead atoms. The van der Waals surface area contributed by atoms with Crippen LogP contribution in [0.1, 0.15) is 27.7 Å². The lowest BCUT2D eigenvalue weighted by molar-refractivity contribution is -0.242. The van der Waals surface area contributed by atoms with Crippen molar-refractivity contribution in [3.8, 4) is 11.6 Å². The first-order valence-corrected chi connectivity index (χ1v) is 14.6. The fourth-order valence-corrected chi connectivity index (χ4v) is 5.56. The number of aromatic nitrogens is 2. The van der Waals surface area contributed by atoms with Crippen molar-refractivity contribution in [2.75, 3.05) is 42.5 Å². The smallest absolute Gasteiger partial charge is 0.427 e. The highest BCUT2D eigenvalue weighted by Crippen LogP contribution is 2.40. The number of benzene rings is 1. The van der Waals surface area contributed by atoms with E-state index in [1.807, 2.05) is 0 Å². The number of rotatable bonds is 10. The lowest BCUT2D eigenvalue weighted by Gasteiger charge is -2.36. The SMILES string of the molecule is CCOc1nn(CC)cc1S(=O)(=O)N1CC(CNC(=O)C2COC2)Oc2ccc(NC(=O)OC(C)(C)C(F)(F)F)cc21. The summed E-state index contributed by atoms with van der Waals surface area (Å²) in [6, 6.07) is 3.91. The van der Waals surface area contributed by atoms with E-state index in [-0.39, 0.29) is 59.4 Å². The number of ether oxygens (including phenoxy) is 4. The molecule has 0 aliphatic carbocycles. The summed E-state index contributed by atoms with van der Waals surface area (Å²) in [6.07, 6.45) is -5.71. The molecule has 3 heterocycles. The van der Waals surface area contributed by atoms with E-state index in [1.165, 1.54) is 29.1 Å². The number of amides is 2. The van der Waals surface area contributed by atoms with E-state index in [0.29, 0.717) is 33.6 Å². The van der Waals surface area contributed by atoms with Crippen molar-refractivity contribution in [2.45, 2.75) is 57.0 Å². The number of anilines is 2. The van der Waals surface area contributed by atoms with Crippen LogP contribution in [0.5, 0.6) is 11.6 Å². The van der Waals surface area contributed by atoms with Gasteiger partial charge < -0.3 is 24.3 Å². The molecule has 1 unspecified atom stereocenters. The zero-order valence-electron chi connectivity index (χ0n) is 23.4. The number of hydrogen-bond acceptors (Lipinski definition) is 9. The van der Waals surface area contributed by atoms with Crippen LogP contribution >= 0.6 is 0 Å². The highest BCUT2D eigenvalue weighted by molar-refractivity contribution is 7.93. The van der Waals surface area contributed by atoms with Gasteiger partial charge in [0.05, 0.1) is 44.5 Å². The zero-order chi connectivity index (χ0) is 30.9. The van der Waals surface area contributed by atoms with Crippen molar-refractivity contribution in [3.05, 3.63) is 24.4 Å². The second-order valence-electron chi connectivity index (χ2n) is 10.0. The molecular weight excluding hydrogens is 587 g/mol. The second kappa shape index (κ2) is 11.9. The summed E-state index contributed by atoms with van der Waals surface area (Å²) in [6.45, 7) is 5.66. The molecule has 1 atom stereocenters. The molecule has 2 amide bonds. The molecule has 232 valence electrons. The van der Waals surface area contributed by atoms with E-state index in [9.17, 15) is 31.2 Å². The van der Waals surface area contributed by atoms with Crippen LogP contribution in [0.2, 0.25) is 0 Å². The maximum absolute atomic E-state index is 14.0. The Morgan fingerprint density at radius 2 is 1.90 bits per heavy atom. The molecule has 0 radical (unpaired) electrons. The van der Waals surface area contributed by atoms with Crippen molar-refractivity contribution in [1.29, 1.82) is 0 Å². The van der Waals surface area contributed by atoms with E-state index in [4.69, 9.17) is 14.2 Å². The van der Waals surface area contributed by atoms with E-state index in [2.05, 4.69) is 20.5 Å². The van der Waals surface area contributed by atoms with Crippen molar-refractivity contribution in [1.82, 2.24) is 15.1 Å². The molecule has 1 saturated heterocycles. The van der Waals surface area contributed by atoms with Crippen LogP contribution in [0, 0.1) is 5.92 Å². The Morgan fingerprint density at radius 3 is 2.50 bits per heavy atom. The number of fused-ring (bicyclic) bond motifs is 1. The molecule has 2 N–H and O–H groups in total. The Balaban J connectivity index is 1.66. The number of hydrogen-bond donors (Lipinski definition) is 2. The van der Waals surface area contributed by atoms with Gasteiger partial charge in [0.1, 0.15) is 11.9 Å². The van der Waals surface area contributed by atoms with Gasteiger partial charge in [-0.1, -0.05) is 0 Å². The first kappa shape index (κ1) is 31.2. The monoisotopic (exact) mass is 619 g/mol. The van der Waals surface area contributed by atoms with Crippen molar-refractivity contribution in [2.24, 2.45) is 5.92 Å². The minimum Gasteiger partial charge on any atom is -0.484 e. The van der Waals surface area contributed by atoms with Crippen molar-refractivity contribution in [3.63, 3.8) is 0 Å². The first-order valence-electron chi connectivity index (χ1n) is 13.1. The maximum Gasteiger partial charge on any atom is 0.427 e. The summed E-state index contributed by atoms with van der Waals surface area (Å²) in [7, 11) is -4.37. The van der Waals surface area contributed by atoms with Gasteiger partial charge in [-0.3, -0.25) is 19.1 Å². The van der Waals surface area contributed by atoms with Gasteiger partial charge in [0.15, 0.2) is 4.90 Å². The molecular formula is C25H32F3N5O8S. The number of sulfonamides is 1. The molecule has 2 aliphatic heterocycles. The van der Waals surface area contributed by atoms with Gasteiger partial charge in [-0.15, -0.1) is 5.10 Å². The molecule has 0 saturated carbocycles. The van der Waals surface area contributed by atoms with Crippen LogP contribution in [-0.4, -0.2) is 81.0 Å². The molecule has 1 aromatic heterocycles. The summed E-state index contributed by atoms with van der Waals surface area (Å²) >= 11 is 0. The van der Waals surface area contributed by atoms with Gasteiger partial charge >= 0.3 is 12.3 Å². The Morgan fingerprint density at radius 1 is 1.19 bits per heavy atom. The molecule has 1 fully saturated rings. The maximum atomic E-state index is 14.0. The molecule has 4 rings (SSSR count). The van der Waals surface area contributed by atoms with Gasteiger partial charge in [0.2, 0.25) is 11.5 Å². The minimum absolute atomic E-state index is 0.00968. The third kappa shape index (κ3) is 6.51. The summed E-state index contributed by atoms with van der Waals surface area (Å²) in [5, 5.41) is 9.13. The largest absolute Gasteiger partial charge is 0.484 e. The quantitative estimate of drug-likeness (QED) is 0.409. The van der Waals surface area contributed by atoms with Gasteiger partial charge in [-0.2, -0.15) is 13.2 Å². The van der Waals surface area contributed by atoms with E-state index in [1.54, 1.807) is 13.8 Å². The lowest BCUT2D eigenvalue weighted by Crippen LogP contribution is -2.50. The fraction of sp³-hybridized carbons (Fsp3) is 0.560. The average molecular weight is 620 g/mol. The molecule has 17 heteroatoms. The van der Waals surface area contributed by atoms with Crippen LogP contribution in [-0.2, 0) is 30.8 Å². The van der Waals surface area contributed by atoms with Crippen LogP contribution in [0.4, 0.5) is 29.3 Å². The summed E-state index contributed by atoms with van der Waals surface area (Å²) in [5.74, 6) is -0.585. The molecule has 2 aromatic rings. The van der Waals surface area contributed by atoms with E-state index in [0.717, 1.165) is 4.31 Å². The van der Waals surface area contributed by atoms with Crippen LogP contribution in [0.15, 0.2) is 29.3 Å². The van der Waals surface area contributed by atoms with E-state index >= 15 is 0 Å². The van der Waals surface area contributed by atoms with Crippen molar-refractivity contribution < 1.29 is 50.1 Å². The van der Waals surface area contributed by atoms with Gasteiger partial charge in [0, 0.05) is 18.4 Å². The van der Waals surface area contributed by atoms with Crippen molar-refractivity contribution >= 4 is 33.4 Å². The average Bonchev–Trinajstić information content (AvgIpc) is 3.29. The van der Waals surface area contributed by atoms with Crippen LogP contribution in [0.3, 0.4) is 0 Å². The highest BCUT2D eigenvalue weighted by atomic mass is 32.2. The predicted octanol–water partition coefficient (Wildman–Crippen LogP) is 2.91. The number of nitrogens with zero attached hydrogens (tertiary/aromatic N) is 3. The predicted molar refractivity (Wildman–Crippen MR) is 142 cm³/mol. The zero-order valence-corrected chi connectivity index (χ0v) is 24.2. The van der Waals surface area contributed by atoms with Gasteiger partial charge in [0.25, 0.3) is 15.9 Å². The molecule has 42 heavy (non-hydrogen) atoms.